The third kappa shape index (κ3) is 6.60. The van der Waals surface area contributed by atoms with E-state index in [-0.39, 0.29) is 12.5 Å². The first-order chi connectivity index (χ1) is 9.98. The van der Waals surface area contributed by atoms with Crippen molar-refractivity contribution in [1.82, 2.24) is 5.32 Å². The summed E-state index contributed by atoms with van der Waals surface area (Å²) in [4.78, 5) is 11.8. The van der Waals surface area contributed by atoms with Crippen LogP contribution in [0.25, 0.3) is 0 Å². The normalized spacial score (nSPS) is 13.5. The SMILES string of the molecule is COCCC(C)(O)CNC(=O)CCc1ccccc1OC. The van der Waals surface area contributed by atoms with Gasteiger partial charge in [0, 0.05) is 33.1 Å². The van der Waals surface area contributed by atoms with Crippen LogP contribution in [0, 0.1) is 0 Å². The highest BCUT2D eigenvalue weighted by molar-refractivity contribution is 5.76. The second kappa shape index (κ2) is 8.64. The minimum atomic E-state index is -0.948. The molecule has 1 aromatic rings. The van der Waals surface area contributed by atoms with Crippen molar-refractivity contribution in [3.63, 3.8) is 0 Å². The van der Waals surface area contributed by atoms with Crippen molar-refractivity contribution >= 4 is 5.91 Å². The molecule has 2 N–H and O–H groups in total. The van der Waals surface area contributed by atoms with Crippen LogP contribution in [0.15, 0.2) is 24.3 Å². The fourth-order valence-corrected chi connectivity index (χ4v) is 1.95. The first-order valence-corrected chi connectivity index (χ1v) is 7.08. The summed E-state index contributed by atoms with van der Waals surface area (Å²) in [7, 11) is 3.20. The highest BCUT2D eigenvalue weighted by Gasteiger charge is 2.20. The van der Waals surface area contributed by atoms with Crippen LogP contribution in [0.5, 0.6) is 5.75 Å². The van der Waals surface area contributed by atoms with Gasteiger partial charge < -0.3 is 19.9 Å². The molecule has 1 atom stereocenters. The molecule has 5 heteroatoms. The van der Waals surface area contributed by atoms with E-state index in [1.165, 1.54) is 0 Å². The zero-order chi connectivity index (χ0) is 15.7. The molecule has 0 aromatic heterocycles. The van der Waals surface area contributed by atoms with Gasteiger partial charge in [0.05, 0.1) is 12.7 Å². The second-order valence-corrected chi connectivity index (χ2v) is 5.33. The highest BCUT2D eigenvalue weighted by Crippen LogP contribution is 2.18. The monoisotopic (exact) mass is 295 g/mol. The third-order valence-electron chi connectivity index (χ3n) is 3.33. The van der Waals surface area contributed by atoms with Crippen molar-refractivity contribution in [2.24, 2.45) is 0 Å². The Morgan fingerprint density at radius 3 is 2.71 bits per heavy atom. The second-order valence-electron chi connectivity index (χ2n) is 5.33. The van der Waals surface area contributed by atoms with Gasteiger partial charge in [-0.1, -0.05) is 18.2 Å². The van der Waals surface area contributed by atoms with E-state index in [4.69, 9.17) is 9.47 Å². The van der Waals surface area contributed by atoms with Gasteiger partial charge in [-0.15, -0.1) is 0 Å². The number of aryl methyl sites for hydroxylation is 1. The van der Waals surface area contributed by atoms with Gasteiger partial charge in [0.2, 0.25) is 5.91 Å². The average Bonchev–Trinajstić information content (AvgIpc) is 2.49. The van der Waals surface area contributed by atoms with E-state index in [0.29, 0.717) is 25.9 Å². The van der Waals surface area contributed by atoms with Crippen molar-refractivity contribution < 1.29 is 19.4 Å². The molecule has 0 saturated carbocycles. The maximum atomic E-state index is 11.8. The molecular formula is C16H25NO4. The number of rotatable bonds is 9. The molecule has 21 heavy (non-hydrogen) atoms. The van der Waals surface area contributed by atoms with Crippen LogP contribution in [-0.2, 0) is 16.0 Å². The zero-order valence-electron chi connectivity index (χ0n) is 13.0. The van der Waals surface area contributed by atoms with Crippen molar-refractivity contribution in [3.8, 4) is 5.75 Å². The predicted molar refractivity (Wildman–Crippen MR) is 81.4 cm³/mol. The molecule has 0 heterocycles. The van der Waals surface area contributed by atoms with Crippen molar-refractivity contribution in [2.75, 3.05) is 27.4 Å². The lowest BCUT2D eigenvalue weighted by Gasteiger charge is -2.23. The number of hydrogen-bond acceptors (Lipinski definition) is 4. The number of benzene rings is 1. The number of carbonyl (C=O) groups excluding carboxylic acids is 1. The number of carbonyl (C=O) groups is 1. The Labute approximate surface area is 126 Å². The van der Waals surface area contributed by atoms with Crippen LogP contribution in [-0.4, -0.2) is 44.0 Å². The van der Waals surface area contributed by atoms with Gasteiger partial charge in [-0.3, -0.25) is 4.79 Å². The summed E-state index contributed by atoms with van der Waals surface area (Å²) in [5.74, 6) is 0.705. The largest absolute Gasteiger partial charge is 0.496 e. The van der Waals surface area contributed by atoms with E-state index in [1.54, 1.807) is 21.1 Å². The van der Waals surface area contributed by atoms with Crippen LogP contribution < -0.4 is 10.1 Å². The number of hydrogen-bond donors (Lipinski definition) is 2. The minimum absolute atomic E-state index is 0.0846. The molecule has 118 valence electrons. The smallest absolute Gasteiger partial charge is 0.220 e. The standard InChI is InChI=1S/C16H25NO4/c1-16(19,10-11-20-2)12-17-15(18)9-8-13-6-4-5-7-14(13)21-3/h4-7,19H,8-12H2,1-3H3,(H,17,18). The summed E-state index contributed by atoms with van der Waals surface area (Å²) in [5.41, 5.74) is 0.0529. The van der Waals surface area contributed by atoms with Gasteiger partial charge in [0.1, 0.15) is 5.75 Å². The molecular weight excluding hydrogens is 270 g/mol. The lowest BCUT2D eigenvalue weighted by molar-refractivity contribution is -0.122. The van der Waals surface area contributed by atoms with E-state index in [9.17, 15) is 9.90 Å². The topological polar surface area (TPSA) is 67.8 Å². The third-order valence-corrected chi connectivity index (χ3v) is 3.33. The average molecular weight is 295 g/mol. The minimum Gasteiger partial charge on any atom is -0.496 e. The molecule has 0 bridgehead atoms. The number of ether oxygens (including phenoxy) is 2. The van der Waals surface area contributed by atoms with Gasteiger partial charge in [-0.2, -0.15) is 0 Å². The number of methoxy groups -OCH3 is 2. The van der Waals surface area contributed by atoms with Crippen LogP contribution >= 0.6 is 0 Å². The molecule has 0 spiro atoms. The lowest BCUT2D eigenvalue weighted by Crippen LogP contribution is -2.41. The lowest BCUT2D eigenvalue weighted by atomic mass is 10.0. The van der Waals surface area contributed by atoms with Crippen LogP contribution in [0.2, 0.25) is 0 Å². The van der Waals surface area contributed by atoms with Gasteiger partial charge >= 0.3 is 0 Å². The van der Waals surface area contributed by atoms with Gasteiger partial charge in [0.25, 0.3) is 0 Å². The number of amides is 1. The number of nitrogens with one attached hydrogen (secondary N) is 1. The quantitative estimate of drug-likeness (QED) is 0.725. The van der Waals surface area contributed by atoms with Gasteiger partial charge in [-0.05, 0) is 25.0 Å². The summed E-state index contributed by atoms with van der Waals surface area (Å²) in [6.45, 7) is 2.37. The Kier molecular flexibility index (Phi) is 7.19. The first kappa shape index (κ1) is 17.5. The Morgan fingerprint density at radius 2 is 2.05 bits per heavy atom. The molecule has 1 unspecified atom stereocenters. The van der Waals surface area contributed by atoms with E-state index in [2.05, 4.69) is 5.32 Å². The van der Waals surface area contributed by atoms with E-state index in [0.717, 1.165) is 11.3 Å². The summed E-state index contributed by atoms with van der Waals surface area (Å²) >= 11 is 0. The molecule has 0 fully saturated rings. The fraction of sp³-hybridized carbons (Fsp3) is 0.562. The van der Waals surface area contributed by atoms with Gasteiger partial charge in [-0.25, -0.2) is 0 Å². The van der Waals surface area contributed by atoms with E-state index < -0.39 is 5.60 Å². The predicted octanol–water partition coefficient (Wildman–Crippen LogP) is 1.53. The van der Waals surface area contributed by atoms with Crippen LogP contribution in [0.1, 0.15) is 25.3 Å². The van der Waals surface area contributed by atoms with Gasteiger partial charge in [0.15, 0.2) is 0 Å². The fourth-order valence-electron chi connectivity index (χ4n) is 1.95. The summed E-state index contributed by atoms with van der Waals surface area (Å²) in [6.07, 6.45) is 1.45. The molecule has 0 aliphatic rings. The summed E-state index contributed by atoms with van der Waals surface area (Å²) < 4.78 is 10.2. The maximum absolute atomic E-state index is 11.8. The highest BCUT2D eigenvalue weighted by atomic mass is 16.5. The Hall–Kier alpha value is -1.59. The summed E-state index contributed by atoms with van der Waals surface area (Å²) in [5, 5.41) is 12.8. The maximum Gasteiger partial charge on any atom is 0.220 e. The van der Waals surface area contributed by atoms with Crippen molar-refractivity contribution in [3.05, 3.63) is 29.8 Å². The Balaban J connectivity index is 2.37. The molecule has 1 aromatic carbocycles. The van der Waals surface area contributed by atoms with Crippen LogP contribution in [0.3, 0.4) is 0 Å². The molecule has 0 aliphatic carbocycles. The molecule has 0 aliphatic heterocycles. The summed E-state index contributed by atoms with van der Waals surface area (Å²) in [6, 6.07) is 7.64. The molecule has 1 rings (SSSR count). The molecule has 0 saturated heterocycles. The molecule has 0 radical (unpaired) electrons. The Bertz CT molecular complexity index is 446. The van der Waals surface area contributed by atoms with Crippen molar-refractivity contribution in [1.29, 1.82) is 0 Å². The van der Waals surface area contributed by atoms with Crippen LogP contribution in [0.4, 0.5) is 0 Å². The first-order valence-electron chi connectivity index (χ1n) is 7.08. The Morgan fingerprint density at radius 1 is 1.33 bits per heavy atom. The number of para-hydroxylation sites is 1. The molecule has 5 nitrogen and oxygen atoms in total. The molecule has 1 amide bonds. The van der Waals surface area contributed by atoms with E-state index in [1.807, 2.05) is 24.3 Å². The van der Waals surface area contributed by atoms with Crippen molar-refractivity contribution in [2.45, 2.75) is 31.8 Å². The number of aliphatic hydroxyl groups is 1. The van der Waals surface area contributed by atoms with E-state index >= 15 is 0 Å². The zero-order valence-corrected chi connectivity index (χ0v) is 13.0.